The lowest BCUT2D eigenvalue weighted by molar-refractivity contribution is -0.384. The number of halogens is 1. The van der Waals surface area contributed by atoms with Crippen LogP contribution in [0.15, 0.2) is 72.8 Å². The number of amides is 2. The van der Waals surface area contributed by atoms with Crippen LogP contribution in [0.5, 0.6) is 0 Å². The molecule has 3 N–H and O–H groups in total. The lowest BCUT2D eigenvalue weighted by atomic mass is 9.89. The highest BCUT2D eigenvalue weighted by Crippen LogP contribution is 2.26. The molecule has 1 aliphatic rings. The molecule has 2 unspecified atom stereocenters. The van der Waals surface area contributed by atoms with Crippen LogP contribution in [0.3, 0.4) is 0 Å². The van der Waals surface area contributed by atoms with E-state index < -0.39 is 16.6 Å². The second kappa shape index (κ2) is 11.1. The Morgan fingerprint density at radius 1 is 1.00 bits per heavy atom. The number of hydrogen-bond donors (Lipinski definition) is 2. The number of nitro groups is 1. The summed E-state index contributed by atoms with van der Waals surface area (Å²) in [7, 11) is 0. The third-order valence-electron chi connectivity index (χ3n) is 6.42. The minimum Gasteiger partial charge on any atom is -0.330 e. The molecule has 1 fully saturated rings. The Morgan fingerprint density at radius 2 is 1.69 bits per heavy atom. The smallest absolute Gasteiger partial charge is 0.269 e. The molecule has 0 aromatic heterocycles. The molecule has 3 aromatic rings. The standard InChI is InChI=1S/C27H27FN4O4/c28-21-5-3-4-20(16-21)27(34)31(25-7-2-1-6-24(25)29)17-18-8-12-22(13-9-18)30-26(33)19-10-14-23(15-11-19)32(35)36/h3-5,8-16,24-25H,1-2,6-7,17,29H2,(H,30,33). The second-order valence-corrected chi connectivity index (χ2v) is 8.91. The molecular weight excluding hydrogens is 463 g/mol. The van der Waals surface area contributed by atoms with E-state index in [0.717, 1.165) is 31.2 Å². The van der Waals surface area contributed by atoms with Crippen molar-refractivity contribution in [2.75, 3.05) is 5.32 Å². The Hall–Kier alpha value is -4.11. The highest BCUT2D eigenvalue weighted by Gasteiger charge is 2.31. The van der Waals surface area contributed by atoms with Crippen molar-refractivity contribution >= 4 is 23.2 Å². The molecule has 1 aliphatic carbocycles. The van der Waals surface area contributed by atoms with Crippen molar-refractivity contribution in [1.82, 2.24) is 4.90 Å². The van der Waals surface area contributed by atoms with Crippen molar-refractivity contribution in [2.45, 2.75) is 44.3 Å². The van der Waals surface area contributed by atoms with Crippen molar-refractivity contribution < 1.29 is 18.9 Å². The van der Waals surface area contributed by atoms with E-state index in [1.165, 1.54) is 42.5 Å². The molecule has 186 valence electrons. The second-order valence-electron chi connectivity index (χ2n) is 8.91. The number of benzene rings is 3. The molecule has 9 heteroatoms. The van der Waals surface area contributed by atoms with Gasteiger partial charge in [0, 0.05) is 47.6 Å². The molecule has 2 amide bonds. The van der Waals surface area contributed by atoms with Crippen LogP contribution in [0.2, 0.25) is 0 Å². The number of nitrogens with one attached hydrogen (secondary N) is 1. The van der Waals surface area contributed by atoms with E-state index in [2.05, 4.69) is 5.32 Å². The third-order valence-corrected chi connectivity index (χ3v) is 6.42. The molecule has 3 aromatic carbocycles. The lowest BCUT2D eigenvalue weighted by Gasteiger charge is -2.38. The normalized spacial score (nSPS) is 17.3. The van der Waals surface area contributed by atoms with Gasteiger partial charge in [-0.25, -0.2) is 4.39 Å². The third kappa shape index (κ3) is 5.92. The number of non-ortho nitro benzene ring substituents is 1. The molecule has 8 nitrogen and oxygen atoms in total. The van der Waals surface area contributed by atoms with Crippen LogP contribution < -0.4 is 11.1 Å². The van der Waals surface area contributed by atoms with Gasteiger partial charge < -0.3 is 16.0 Å². The average Bonchev–Trinajstić information content (AvgIpc) is 2.88. The summed E-state index contributed by atoms with van der Waals surface area (Å²) in [6.07, 6.45) is 3.60. The van der Waals surface area contributed by atoms with Gasteiger partial charge in [-0.2, -0.15) is 0 Å². The fourth-order valence-electron chi connectivity index (χ4n) is 4.48. The summed E-state index contributed by atoms with van der Waals surface area (Å²) in [4.78, 5) is 37.9. The highest BCUT2D eigenvalue weighted by atomic mass is 19.1. The van der Waals surface area contributed by atoms with Gasteiger partial charge >= 0.3 is 0 Å². The number of nitrogens with two attached hydrogens (primary N) is 1. The largest absolute Gasteiger partial charge is 0.330 e. The van der Waals surface area contributed by atoms with Crippen molar-refractivity contribution in [3.8, 4) is 0 Å². The van der Waals surface area contributed by atoms with Gasteiger partial charge in [0.2, 0.25) is 0 Å². The number of hydrogen-bond acceptors (Lipinski definition) is 5. The number of nitro benzene ring substituents is 1. The van der Waals surface area contributed by atoms with Gasteiger partial charge in [0.15, 0.2) is 0 Å². The van der Waals surface area contributed by atoms with Gasteiger partial charge in [0.1, 0.15) is 5.82 Å². The van der Waals surface area contributed by atoms with Gasteiger partial charge in [0.25, 0.3) is 17.5 Å². The van der Waals surface area contributed by atoms with Crippen LogP contribution in [0.1, 0.15) is 52.0 Å². The maximum atomic E-state index is 13.8. The summed E-state index contributed by atoms with van der Waals surface area (Å²) in [6, 6.07) is 17.8. The minimum atomic E-state index is -0.525. The van der Waals surface area contributed by atoms with Crippen LogP contribution in [-0.2, 0) is 6.54 Å². The van der Waals surface area contributed by atoms with E-state index in [1.54, 1.807) is 23.1 Å². The van der Waals surface area contributed by atoms with Crippen LogP contribution >= 0.6 is 0 Å². The van der Waals surface area contributed by atoms with E-state index in [9.17, 15) is 24.1 Å². The zero-order chi connectivity index (χ0) is 25.7. The van der Waals surface area contributed by atoms with Crippen molar-refractivity contribution in [1.29, 1.82) is 0 Å². The summed E-state index contributed by atoms with van der Waals surface area (Å²) in [5, 5.41) is 13.6. The first-order valence-electron chi connectivity index (χ1n) is 11.8. The fourth-order valence-corrected chi connectivity index (χ4v) is 4.48. The van der Waals surface area contributed by atoms with Gasteiger partial charge in [-0.3, -0.25) is 19.7 Å². The quantitative estimate of drug-likeness (QED) is 0.361. The van der Waals surface area contributed by atoms with Gasteiger partial charge in [-0.15, -0.1) is 0 Å². The summed E-state index contributed by atoms with van der Waals surface area (Å²) in [5.74, 6) is -1.14. The van der Waals surface area contributed by atoms with Crippen LogP contribution in [0.25, 0.3) is 0 Å². The van der Waals surface area contributed by atoms with E-state index in [0.29, 0.717) is 17.8 Å². The number of anilines is 1. The minimum absolute atomic E-state index is 0.0917. The first-order valence-corrected chi connectivity index (χ1v) is 11.8. The van der Waals surface area contributed by atoms with Crippen LogP contribution in [0.4, 0.5) is 15.8 Å². The Kier molecular flexibility index (Phi) is 7.70. The molecule has 4 rings (SSSR count). The van der Waals surface area contributed by atoms with E-state index >= 15 is 0 Å². The molecule has 0 radical (unpaired) electrons. The molecule has 0 aliphatic heterocycles. The first-order chi connectivity index (χ1) is 17.3. The van der Waals surface area contributed by atoms with Crippen molar-refractivity contribution in [3.05, 3.63) is 105 Å². The molecule has 2 atom stereocenters. The molecule has 0 bridgehead atoms. The van der Waals surface area contributed by atoms with E-state index in [4.69, 9.17) is 5.73 Å². The molecule has 0 heterocycles. The summed E-state index contributed by atoms with van der Waals surface area (Å²) < 4.78 is 13.8. The molecule has 36 heavy (non-hydrogen) atoms. The first kappa shape index (κ1) is 25.0. The fraction of sp³-hybridized carbons (Fsp3) is 0.259. The number of carbonyl (C=O) groups excluding carboxylic acids is 2. The lowest BCUT2D eigenvalue weighted by Crippen LogP contribution is -2.51. The summed E-state index contributed by atoms with van der Waals surface area (Å²) in [5.41, 5.74) is 8.25. The number of rotatable bonds is 7. The van der Waals surface area contributed by atoms with E-state index in [-0.39, 0.29) is 29.2 Å². The summed E-state index contributed by atoms with van der Waals surface area (Å²) >= 11 is 0. The number of nitrogens with zero attached hydrogens (tertiary/aromatic N) is 2. The Balaban J connectivity index is 1.49. The predicted molar refractivity (Wildman–Crippen MR) is 134 cm³/mol. The Bertz CT molecular complexity index is 1250. The monoisotopic (exact) mass is 490 g/mol. The zero-order valence-corrected chi connectivity index (χ0v) is 19.6. The Morgan fingerprint density at radius 3 is 2.33 bits per heavy atom. The van der Waals surface area contributed by atoms with Crippen molar-refractivity contribution in [2.24, 2.45) is 5.73 Å². The van der Waals surface area contributed by atoms with Gasteiger partial charge in [0.05, 0.1) is 4.92 Å². The Labute approximate surface area is 208 Å². The van der Waals surface area contributed by atoms with Crippen LogP contribution in [0, 0.1) is 15.9 Å². The molecule has 0 saturated heterocycles. The maximum Gasteiger partial charge on any atom is 0.269 e. The molecule has 1 saturated carbocycles. The SMILES string of the molecule is NC1CCCCC1N(Cc1ccc(NC(=O)c2ccc([N+](=O)[O-])cc2)cc1)C(=O)c1cccc(F)c1. The van der Waals surface area contributed by atoms with E-state index in [1.807, 2.05) is 12.1 Å². The molecular formula is C27H27FN4O4. The highest BCUT2D eigenvalue weighted by molar-refractivity contribution is 6.04. The number of carbonyl (C=O) groups is 2. The zero-order valence-electron chi connectivity index (χ0n) is 19.6. The van der Waals surface area contributed by atoms with Gasteiger partial charge in [-0.05, 0) is 60.9 Å². The summed E-state index contributed by atoms with van der Waals surface area (Å²) in [6.45, 7) is 0.296. The molecule has 0 spiro atoms. The predicted octanol–water partition coefficient (Wildman–Crippen LogP) is 4.90. The van der Waals surface area contributed by atoms with Crippen molar-refractivity contribution in [3.63, 3.8) is 0 Å². The topological polar surface area (TPSA) is 119 Å². The average molecular weight is 491 g/mol. The van der Waals surface area contributed by atoms with Crippen LogP contribution in [-0.4, -0.2) is 33.7 Å². The van der Waals surface area contributed by atoms with Gasteiger partial charge in [-0.1, -0.05) is 31.0 Å². The maximum absolute atomic E-state index is 13.8.